The van der Waals surface area contributed by atoms with Crippen LogP contribution in [0, 0.1) is 17.3 Å². The van der Waals surface area contributed by atoms with Crippen LogP contribution in [0.4, 0.5) is 0 Å². The number of rotatable bonds is 4. The summed E-state index contributed by atoms with van der Waals surface area (Å²) in [7, 11) is -4.79. The van der Waals surface area contributed by atoms with Gasteiger partial charge in [-0.3, -0.25) is 4.79 Å². The molecule has 1 N–H and O–H groups in total. The van der Waals surface area contributed by atoms with Gasteiger partial charge in [0.1, 0.15) is 15.6 Å². The maximum Gasteiger partial charge on any atom is 1.00 e. The summed E-state index contributed by atoms with van der Waals surface area (Å²) in [6.07, 6.45) is 0. The molecule has 8 heteroatoms. The first-order chi connectivity index (χ1) is 7.14. The molecule has 0 aromatic rings. The first kappa shape index (κ1) is 17.3. The van der Waals surface area contributed by atoms with Crippen molar-refractivity contribution in [2.24, 2.45) is 17.3 Å². The molecule has 0 aromatic carbocycles. The van der Waals surface area contributed by atoms with Crippen LogP contribution < -0.4 is 29.6 Å². The van der Waals surface area contributed by atoms with E-state index in [2.05, 4.69) is 0 Å². The zero-order valence-corrected chi connectivity index (χ0v) is 13.2. The average Bonchev–Trinajstić information content (AvgIpc) is 2.66. The van der Waals surface area contributed by atoms with Gasteiger partial charge in [-0.25, -0.2) is 8.42 Å². The molecule has 0 radical (unpaired) electrons. The Bertz CT molecular complexity index is 390. The predicted molar refractivity (Wildman–Crippen MR) is 53.1 cm³/mol. The van der Waals surface area contributed by atoms with E-state index in [9.17, 15) is 22.9 Å². The molecular formula is C9H15NaO6S. The third-order valence-corrected chi connectivity index (χ3v) is 3.94. The zero-order chi connectivity index (χ0) is 12.7. The Balaban J connectivity index is 0.00000256. The van der Waals surface area contributed by atoms with Gasteiger partial charge in [0.15, 0.2) is 0 Å². The van der Waals surface area contributed by atoms with Crippen molar-refractivity contribution in [2.75, 3.05) is 6.61 Å². The summed E-state index contributed by atoms with van der Waals surface area (Å²) >= 11 is 0. The van der Waals surface area contributed by atoms with Crippen molar-refractivity contribution >= 4 is 16.1 Å². The van der Waals surface area contributed by atoms with Crippen LogP contribution in [-0.4, -0.2) is 36.1 Å². The molecule has 3 unspecified atom stereocenters. The summed E-state index contributed by atoms with van der Waals surface area (Å²) < 4.78 is 36.8. The van der Waals surface area contributed by atoms with Gasteiger partial charge in [-0.05, 0) is 12.3 Å². The van der Waals surface area contributed by atoms with Crippen LogP contribution in [0.1, 0.15) is 20.8 Å². The van der Waals surface area contributed by atoms with Crippen LogP contribution in [0.5, 0.6) is 0 Å². The van der Waals surface area contributed by atoms with Crippen LogP contribution in [0.25, 0.3) is 0 Å². The molecule has 17 heavy (non-hydrogen) atoms. The summed E-state index contributed by atoms with van der Waals surface area (Å²) in [6, 6.07) is 0. The number of carbonyl (C=O) groups excluding carboxylic acids is 1. The number of hydrogen-bond acceptors (Lipinski definition) is 6. The minimum Gasteiger partial charge on any atom is -0.746 e. The Morgan fingerprint density at radius 1 is 1.53 bits per heavy atom. The Morgan fingerprint density at radius 3 is 2.35 bits per heavy atom. The minimum absolute atomic E-state index is 0. The SMILES string of the molecule is CCOC(=O)C1C(C(O)S(=O)(=O)[O-])C1(C)C.[Na+]. The zero-order valence-electron chi connectivity index (χ0n) is 10.3. The van der Waals surface area contributed by atoms with Gasteiger partial charge in [0, 0.05) is 5.92 Å². The van der Waals surface area contributed by atoms with E-state index in [1.807, 2.05) is 0 Å². The van der Waals surface area contributed by atoms with Gasteiger partial charge in [-0.15, -0.1) is 0 Å². The fourth-order valence-electron chi connectivity index (χ4n) is 2.07. The van der Waals surface area contributed by atoms with Crippen LogP contribution in [-0.2, 0) is 19.6 Å². The van der Waals surface area contributed by atoms with Gasteiger partial charge in [0.2, 0.25) is 0 Å². The van der Waals surface area contributed by atoms with E-state index >= 15 is 0 Å². The van der Waals surface area contributed by atoms with Gasteiger partial charge in [-0.1, -0.05) is 13.8 Å². The third kappa shape index (κ3) is 3.42. The molecule has 6 nitrogen and oxygen atoms in total. The van der Waals surface area contributed by atoms with Crippen molar-refractivity contribution < 1.29 is 57.2 Å². The van der Waals surface area contributed by atoms with Crippen molar-refractivity contribution in [2.45, 2.75) is 26.2 Å². The maximum absolute atomic E-state index is 11.4. The molecule has 1 fully saturated rings. The summed E-state index contributed by atoms with van der Waals surface area (Å²) in [4.78, 5) is 11.4. The molecule has 0 heterocycles. The fraction of sp³-hybridized carbons (Fsp3) is 0.889. The monoisotopic (exact) mass is 274 g/mol. The van der Waals surface area contributed by atoms with Crippen LogP contribution in [0.15, 0.2) is 0 Å². The Labute approximate surface area is 123 Å². The van der Waals surface area contributed by atoms with Crippen molar-refractivity contribution in [3.8, 4) is 0 Å². The van der Waals surface area contributed by atoms with Crippen molar-refractivity contribution in [3.05, 3.63) is 0 Å². The Kier molecular flexibility index (Phi) is 5.65. The minimum atomic E-state index is -4.79. The van der Waals surface area contributed by atoms with Crippen molar-refractivity contribution in [3.63, 3.8) is 0 Å². The average molecular weight is 274 g/mol. The fourth-order valence-corrected chi connectivity index (χ4v) is 2.94. The predicted octanol–water partition coefficient (Wildman–Crippen LogP) is -3.31. The van der Waals surface area contributed by atoms with E-state index < -0.39 is 38.8 Å². The van der Waals surface area contributed by atoms with E-state index in [4.69, 9.17) is 4.74 Å². The molecule has 94 valence electrons. The molecule has 1 rings (SSSR count). The number of carbonyl (C=O) groups is 1. The molecule has 0 bridgehead atoms. The molecule has 0 aliphatic heterocycles. The third-order valence-electron chi connectivity index (χ3n) is 3.05. The van der Waals surface area contributed by atoms with E-state index in [0.29, 0.717) is 0 Å². The van der Waals surface area contributed by atoms with E-state index in [0.717, 1.165) is 0 Å². The standard InChI is InChI=1S/C9H16O6S.Na/c1-4-15-7(10)5-6(9(5,2)3)8(11)16(12,13)14;/h5-6,8,11H,4H2,1-3H3,(H,12,13,14);/q;+1/p-1. The first-order valence-electron chi connectivity index (χ1n) is 4.93. The second kappa shape index (κ2) is 5.54. The van der Waals surface area contributed by atoms with Crippen molar-refractivity contribution in [1.29, 1.82) is 0 Å². The largest absolute Gasteiger partial charge is 1.00 e. The number of esters is 1. The Hall–Kier alpha value is 0.340. The van der Waals surface area contributed by atoms with Crippen LogP contribution in [0.2, 0.25) is 0 Å². The summed E-state index contributed by atoms with van der Waals surface area (Å²) in [5, 5.41) is 9.34. The second-order valence-electron chi connectivity index (χ2n) is 4.46. The quantitative estimate of drug-likeness (QED) is 0.327. The van der Waals surface area contributed by atoms with E-state index in [1.54, 1.807) is 20.8 Å². The molecule has 3 atom stereocenters. The summed E-state index contributed by atoms with van der Waals surface area (Å²) in [5.74, 6) is -2.18. The topological polar surface area (TPSA) is 104 Å². The molecule has 0 saturated heterocycles. The number of aliphatic hydroxyl groups is 1. The van der Waals surface area contributed by atoms with Gasteiger partial charge in [0.25, 0.3) is 0 Å². The van der Waals surface area contributed by atoms with E-state index in [-0.39, 0.29) is 36.2 Å². The van der Waals surface area contributed by atoms with Crippen LogP contribution in [0.3, 0.4) is 0 Å². The van der Waals surface area contributed by atoms with E-state index in [1.165, 1.54) is 0 Å². The second-order valence-corrected chi connectivity index (χ2v) is 5.93. The molecule has 1 aliphatic rings. The summed E-state index contributed by atoms with van der Waals surface area (Å²) in [5.41, 5.74) is -2.76. The van der Waals surface area contributed by atoms with Gasteiger partial charge >= 0.3 is 35.5 Å². The summed E-state index contributed by atoms with van der Waals surface area (Å²) in [6.45, 7) is 5.04. The molecule has 0 aromatic heterocycles. The molecular weight excluding hydrogens is 259 g/mol. The number of ether oxygens (including phenoxy) is 1. The van der Waals surface area contributed by atoms with Crippen LogP contribution >= 0.6 is 0 Å². The Morgan fingerprint density at radius 2 is 2.00 bits per heavy atom. The van der Waals surface area contributed by atoms with Gasteiger partial charge in [0.05, 0.1) is 12.5 Å². The number of aliphatic hydroxyl groups excluding tert-OH is 1. The molecule has 1 aliphatic carbocycles. The van der Waals surface area contributed by atoms with Gasteiger partial charge < -0.3 is 14.4 Å². The molecule has 0 amide bonds. The smallest absolute Gasteiger partial charge is 0.746 e. The van der Waals surface area contributed by atoms with Gasteiger partial charge in [-0.2, -0.15) is 0 Å². The number of hydrogen-bond donors (Lipinski definition) is 1. The first-order valence-corrected chi connectivity index (χ1v) is 6.40. The maximum atomic E-state index is 11.4. The normalized spacial score (nSPS) is 27.8. The van der Waals surface area contributed by atoms with Crippen molar-refractivity contribution in [1.82, 2.24) is 0 Å². The molecule has 1 saturated carbocycles. The molecule has 0 spiro atoms.